The number of nitrogens with zero attached hydrogens (tertiary/aromatic N) is 2. The summed E-state index contributed by atoms with van der Waals surface area (Å²) in [5, 5.41) is 0. The minimum absolute atomic E-state index is 0.906. The monoisotopic (exact) mass is 222 g/mol. The molecule has 0 aromatic heterocycles. The third-order valence-electron chi connectivity index (χ3n) is 4.71. The highest BCUT2D eigenvalue weighted by atomic mass is 15.3. The average molecular weight is 222 g/mol. The number of piperidine rings is 1. The highest BCUT2D eigenvalue weighted by Crippen LogP contribution is 2.33. The predicted molar refractivity (Wildman–Crippen MR) is 67.6 cm³/mol. The van der Waals surface area contributed by atoms with E-state index in [0.29, 0.717) is 0 Å². The lowest BCUT2D eigenvalue weighted by Crippen LogP contribution is -2.54. The Kier molecular flexibility index (Phi) is 3.49. The molecule has 1 unspecified atom stereocenters. The van der Waals surface area contributed by atoms with Crippen LogP contribution in [-0.4, -0.2) is 48.6 Å². The van der Waals surface area contributed by atoms with Crippen molar-refractivity contribution in [3.63, 3.8) is 0 Å². The second-order valence-electron chi connectivity index (χ2n) is 6.07. The lowest BCUT2D eigenvalue weighted by molar-refractivity contribution is 0.0485. The van der Waals surface area contributed by atoms with Gasteiger partial charge in [-0.05, 0) is 44.7 Å². The summed E-state index contributed by atoms with van der Waals surface area (Å²) >= 11 is 0. The van der Waals surface area contributed by atoms with E-state index in [2.05, 4.69) is 9.80 Å². The number of hydrogen-bond acceptors (Lipinski definition) is 2. The zero-order valence-corrected chi connectivity index (χ0v) is 10.5. The van der Waals surface area contributed by atoms with Crippen molar-refractivity contribution in [2.45, 2.75) is 51.0 Å². The van der Waals surface area contributed by atoms with Gasteiger partial charge in [0.05, 0.1) is 0 Å². The summed E-state index contributed by atoms with van der Waals surface area (Å²) in [6.45, 7) is 6.79. The van der Waals surface area contributed by atoms with Crippen LogP contribution in [0.25, 0.3) is 0 Å². The van der Waals surface area contributed by atoms with Crippen LogP contribution in [0.15, 0.2) is 0 Å². The molecule has 0 spiro atoms. The molecule has 1 saturated carbocycles. The van der Waals surface area contributed by atoms with Crippen LogP contribution in [0.5, 0.6) is 0 Å². The molecule has 2 aliphatic heterocycles. The van der Waals surface area contributed by atoms with Crippen molar-refractivity contribution in [3.8, 4) is 0 Å². The van der Waals surface area contributed by atoms with Crippen LogP contribution in [0, 0.1) is 5.92 Å². The van der Waals surface area contributed by atoms with E-state index in [-0.39, 0.29) is 0 Å². The van der Waals surface area contributed by atoms with E-state index in [1.165, 1.54) is 77.7 Å². The van der Waals surface area contributed by atoms with Gasteiger partial charge in [-0.3, -0.25) is 4.90 Å². The molecule has 1 atom stereocenters. The van der Waals surface area contributed by atoms with Crippen LogP contribution in [0.3, 0.4) is 0 Å². The first-order chi connectivity index (χ1) is 7.92. The highest BCUT2D eigenvalue weighted by molar-refractivity contribution is 4.85. The van der Waals surface area contributed by atoms with Crippen LogP contribution >= 0.6 is 0 Å². The summed E-state index contributed by atoms with van der Waals surface area (Å²) < 4.78 is 0. The standard InChI is InChI=1S/C14H26N2/c1-2-9-16-11-10-15(12-14(16)5-1)8-3-4-13-6-7-13/h13-14H,1-12H2. The van der Waals surface area contributed by atoms with E-state index in [9.17, 15) is 0 Å². The number of piperazine rings is 1. The molecule has 0 amide bonds. The summed E-state index contributed by atoms with van der Waals surface area (Å²) in [6, 6.07) is 0.906. The molecular formula is C14H26N2. The topological polar surface area (TPSA) is 6.48 Å². The second kappa shape index (κ2) is 5.05. The normalized spacial score (nSPS) is 32.6. The summed E-state index contributed by atoms with van der Waals surface area (Å²) in [5.74, 6) is 1.12. The van der Waals surface area contributed by atoms with E-state index >= 15 is 0 Å². The van der Waals surface area contributed by atoms with Crippen LogP contribution in [0.2, 0.25) is 0 Å². The van der Waals surface area contributed by atoms with E-state index in [4.69, 9.17) is 0 Å². The van der Waals surface area contributed by atoms with Gasteiger partial charge >= 0.3 is 0 Å². The maximum atomic E-state index is 2.74. The van der Waals surface area contributed by atoms with E-state index in [1.54, 1.807) is 0 Å². The fourth-order valence-electron chi connectivity index (χ4n) is 3.43. The molecule has 0 N–H and O–H groups in total. The van der Waals surface area contributed by atoms with E-state index < -0.39 is 0 Å². The Morgan fingerprint density at radius 3 is 2.75 bits per heavy atom. The SMILES string of the molecule is C1CCN2CCN(CCCC3CC3)CC2C1. The quantitative estimate of drug-likeness (QED) is 0.720. The molecule has 16 heavy (non-hydrogen) atoms. The lowest BCUT2D eigenvalue weighted by Gasteiger charge is -2.44. The summed E-state index contributed by atoms with van der Waals surface area (Å²) in [4.78, 5) is 5.47. The Hall–Kier alpha value is -0.0800. The summed E-state index contributed by atoms with van der Waals surface area (Å²) in [7, 11) is 0. The molecule has 0 bridgehead atoms. The van der Waals surface area contributed by atoms with Crippen molar-refractivity contribution in [2.24, 2.45) is 5.92 Å². The minimum Gasteiger partial charge on any atom is -0.301 e. The van der Waals surface area contributed by atoms with Gasteiger partial charge in [-0.1, -0.05) is 19.3 Å². The zero-order valence-electron chi connectivity index (χ0n) is 10.5. The number of fused-ring (bicyclic) bond motifs is 1. The molecular weight excluding hydrogens is 196 g/mol. The summed E-state index contributed by atoms with van der Waals surface area (Å²) in [6.07, 6.45) is 10.4. The number of rotatable bonds is 4. The lowest BCUT2D eigenvalue weighted by atomic mass is 9.99. The van der Waals surface area contributed by atoms with Crippen molar-refractivity contribution in [3.05, 3.63) is 0 Å². The van der Waals surface area contributed by atoms with Crippen molar-refractivity contribution < 1.29 is 0 Å². The zero-order chi connectivity index (χ0) is 10.8. The Balaban J connectivity index is 1.39. The Morgan fingerprint density at radius 1 is 0.938 bits per heavy atom. The molecule has 3 aliphatic rings. The molecule has 3 fully saturated rings. The Bertz CT molecular complexity index is 225. The van der Waals surface area contributed by atoms with E-state index in [0.717, 1.165) is 12.0 Å². The van der Waals surface area contributed by atoms with Gasteiger partial charge in [-0.15, -0.1) is 0 Å². The molecule has 2 heterocycles. The fraction of sp³-hybridized carbons (Fsp3) is 1.00. The molecule has 0 radical (unpaired) electrons. The average Bonchev–Trinajstić information content (AvgIpc) is 3.13. The third-order valence-corrected chi connectivity index (χ3v) is 4.71. The van der Waals surface area contributed by atoms with Gasteiger partial charge in [0.15, 0.2) is 0 Å². The summed E-state index contributed by atoms with van der Waals surface area (Å²) in [5.41, 5.74) is 0. The van der Waals surface area contributed by atoms with Crippen molar-refractivity contribution >= 4 is 0 Å². The maximum Gasteiger partial charge on any atom is 0.0223 e. The molecule has 1 aliphatic carbocycles. The predicted octanol–water partition coefficient (Wildman–Crippen LogP) is 2.35. The molecule has 0 aromatic carbocycles. The third kappa shape index (κ3) is 2.78. The fourth-order valence-corrected chi connectivity index (χ4v) is 3.43. The van der Waals surface area contributed by atoms with Crippen molar-refractivity contribution in [2.75, 3.05) is 32.7 Å². The molecule has 92 valence electrons. The molecule has 2 saturated heterocycles. The van der Waals surface area contributed by atoms with Crippen LogP contribution in [0.1, 0.15) is 44.9 Å². The molecule has 2 heteroatoms. The van der Waals surface area contributed by atoms with Gasteiger partial charge in [0.1, 0.15) is 0 Å². The highest BCUT2D eigenvalue weighted by Gasteiger charge is 2.28. The largest absolute Gasteiger partial charge is 0.301 e. The van der Waals surface area contributed by atoms with Gasteiger partial charge in [0.25, 0.3) is 0 Å². The van der Waals surface area contributed by atoms with Crippen LogP contribution < -0.4 is 0 Å². The van der Waals surface area contributed by atoms with Gasteiger partial charge in [0, 0.05) is 25.7 Å². The Labute approximate surface area is 100.0 Å². The van der Waals surface area contributed by atoms with E-state index in [1.807, 2.05) is 0 Å². The molecule has 2 nitrogen and oxygen atoms in total. The van der Waals surface area contributed by atoms with Gasteiger partial charge < -0.3 is 4.90 Å². The smallest absolute Gasteiger partial charge is 0.0223 e. The molecule has 0 aromatic rings. The first-order valence-corrected chi connectivity index (χ1v) is 7.38. The van der Waals surface area contributed by atoms with Gasteiger partial charge in [-0.25, -0.2) is 0 Å². The second-order valence-corrected chi connectivity index (χ2v) is 6.07. The maximum absolute atomic E-state index is 2.74. The van der Waals surface area contributed by atoms with Gasteiger partial charge in [0.2, 0.25) is 0 Å². The van der Waals surface area contributed by atoms with Crippen LogP contribution in [0.4, 0.5) is 0 Å². The van der Waals surface area contributed by atoms with Crippen molar-refractivity contribution in [1.29, 1.82) is 0 Å². The van der Waals surface area contributed by atoms with Crippen molar-refractivity contribution in [1.82, 2.24) is 9.80 Å². The first-order valence-electron chi connectivity index (χ1n) is 7.38. The van der Waals surface area contributed by atoms with Gasteiger partial charge in [-0.2, -0.15) is 0 Å². The van der Waals surface area contributed by atoms with Crippen LogP contribution in [-0.2, 0) is 0 Å². The Morgan fingerprint density at radius 2 is 1.88 bits per heavy atom. The number of hydrogen-bond donors (Lipinski definition) is 0. The minimum atomic E-state index is 0.906. The molecule has 3 rings (SSSR count). The first kappa shape index (κ1) is 11.0.